The Kier molecular flexibility index (Phi) is 11.9. The summed E-state index contributed by atoms with van der Waals surface area (Å²) in [7, 11) is 0. The van der Waals surface area contributed by atoms with E-state index in [4.69, 9.17) is 0 Å². The first-order valence-electron chi connectivity index (χ1n) is 8.11. The van der Waals surface area contributed by atoms with E-state index in [1.54, 1.807) is 0 Å². The van der Waals surface area contributed by atoms with Crippen LogP contribution in [0.5, 0.6) is 0 Å². The second kappa shape index (κ2) is 12.1. The van der Waals surface area contributed by atoms with E-state index >= 15 is 0 Å². The topological polar surface area (TPSA) is 0 Å². The molecule has 0 amide bonds. The van der Waals surface area contributed by atoms with Crippen molar-refractivity contribution in [1.82, 2.24) is 0 Å². The van der Waals surface area contributed by atoms with Gasteiger partial charge >= 0.3 is 0 Å². The molecule has 0 fully saturated rings. The van der Waals surface area contributed by atoms with E-state index in [1.165, 1.54) is 60.8 Å². The van der Waals surface area contributed by atoms with Crippen molar-refractivity contribution in [2.75, 3.05) is 0 Å². The van der Waals surface area contributed by atoms with Crippen molar-refractivity contribution in [2.45, 2.75) is 66.2 Å². The van der Waals surface area contributed by atoms with E-state index in [9.17, 15) is 0 Å². The zero-order chi connectivity index (χ0) is 14.8. The summed E-state index contributed by atoms with van der Waals surface area (Å²) in [5, 5.41) is 0. The van der Waals surface area contributed by atoms with E-state index in [-0.39, 0.29) is 25.8 Å². The summed E-state index contributed by atoms with van der Waals surface area (Å²) in [6.07, 6.45) is 7.76. The molecule has 0 spiro atoms. The van der Waals surface area contributed by atoms with Crippen LogP contribution in [0.3, 0.4) is 0 Å². The van der Waals surface area contributed by atoms with E-state index in [2.05, 4.69) is 64.1 Å². The second-order valence-corrected chi connectivity index (χ2v) is 5.68. The molecule has 2 rings (SSSR count). The Balaban J connectivity index is 0.000000364. The van der Waals surface area contributed by atoms with Gasteiger partial charge in [-0.15, -0.1) is 0 Å². The Labute approximate surface area is 150 Å². The molecular weight excluding hydrogens is 419 g/mol. The van der Waals surface area contributed by atoms with Crippen LogP contribution >= 0.6 is 0 Å². The molecule has 0 aliphatic carbocycles. The number of rotatable bonds is 6. The van der Waals surface area contributed by atoms with E-state index in [1.807, 2.05) is 0 Å². The zero-order valence-electron chi connectivity index (χ0n) is 14.2. The van der Waals surface area contributed by atoms with Crippen molar-refractivity contribution in [3.63, 3.8) is 0 Å². The van der Waals surface area contributed by atoms with Gasteiger partial charge in [-0.3, -0.25) is 0 Å². The molecule has 0 radical (unpaired) electrons. The average molecular weight is 449 g/mol. The minimum Gasteiger partial charge on any atom is -0.213 e. The van der Waals surface area contributed by atoms with Crippen molar-refractivity contribution < 1.29 is 25.8 Å². The van der Waals surface area contributed by atoms with Gasteiger partial charge in [-0.05, 0) is 0 Å². The predicted octanol–water partition coefficient (Wildman–Crippen LogP) is 6.11. The van der Waals surface area contributed by atoms with Crippen LogP contribution in [0, 0.1) is 13.8 Å². The normalized spacial score (nSPS) is 9.71. The number of aryl methyl sites for hydroxylation is 4. The van der Waals surface area contributed by atoms with Crippen LogP contribution in [0.25, 0.3) is 0 Å². The van der Waals surface area contributed by atoms with Crippen LogP contribution in [0.4, 0.5) is 0 Å². The van der Waals surface area contributed by atoms with Gasteiger partial charge in [0.2, 0.25) is 0 Å². The van der Waals surface area contributed by atoms with Crippen molar-refractivity contribution in [1.29, 1.82) is 0 Å². The standard InChI is InChI=1S/2C10H15.Hf/c2*1-3-4-7-10-8-5-6-9(10)2;/h2*5-6,8H,3-4,7H2,1-2H3;/q2*-1;. The molecule has 0 N–H and O–H groups in total. The molecular formula is C20H30Hf-2. The summed E-state index contributed by atoms with van der Waals surface area (Å²) in [4.78, 5) is 0. The first-order valence-corrected chi connectivity index (χ1v) is 8.11. The van der Waals surface area contributed by atoms with Crippen LogP contribution in [0.2, 0.25) is 0 Å². The first-order chi connectivity index (χ1) is 9.69. The Hall–Kier alpha value is -0.430. The van der Waals surface area contributed by atoms with E-state index in [0.29, 0.717) is 0 Å². The monoisotopic (exact) mass is 450 g/mol. The van der Waals surface area contributed by atoms with Gasteiger partial charge in [0.25, 0.3) is 0 Å². The van der Waals surface area contributed by atoms with Crippen molar-refractivity contribution >= 4 is 0 Å². The minimum absolute atomic E-state index is 0. The number of unbranched alkanes of at least 4 members (excludes halogenated alkanes) is 2. The third-order valence-electron chi connectivity index (χ3n) is 3.90. The molecule has 0 saturated heterocycles. The maximum atomic E-state index is 2.23. The fraction of sp³-hybridized carbons (Fsp3) is 0.500. The molecule has 0 saturated carbocycles. The molecule has 21 heavy (non-hydrogen) atoms. The third-order valence-corrected chi connectivity index (χ3v) is 3.90. The number of hydrogen-bond donors (Lipinski definition) is 0. The van der Waals surface area contributed by atoms with Gasteiger partial charge in [-0.1, -0.05) is 66.2 Å². The van der Waals surface area contributed by atoms with Crippen molar-refractivity contribution in [3.05, 3.63) is 58.7 Å². The zero-order valence-corrected chi connectivity index (χ0v) is 17.8. The molecule has 0 aliphatic heterocycles. The Bertz CT molecular complexity index is 417. The predicted molar refractivity (Wildman–Crippen MR) is 90.8 cm³/mol. The molecule has 0 heterocycles. The molecule has 0 aromatic heterocycles. The Morgan fingerprint density at radius 1 is 0.762 bits per heavy atom. The molecule has 0 nitrogen and oxygen atoms in total. The van der Waals surface area contributed by atoms with Crippen LogP contribution in [0.15, 0.2) is 36.4 Å². The largest absolute Gasteiger partial charge is 0.213 e. The third kappa shape index (κ3) is 7.95. The van der Waals surface area contributed by atoms with Crippen LogP contribution in [0.1, 0.15) is 61.8 Å². The van der Waals surface area contributed by atoms with Gasteiger partial charge in [0, 0.05) is 25.8 Å². The fourth-order valence-electron chi connectivity index (χ4n) is 2.39. The first kappa shape index (κ1) is 20.6. The SMILES string of the molecule is CCCCc1ccc[c-]1C.CCCCc1ccc[c-]1C.[Hf]. The Morgan fingerprint density at radius 3 is 1.38 bits per heavy atom. The maximum Gasteiger partial charge on any atom is 0 e. The summed E-state index contributed by atoms with van der Waals surface area (Å²) >= 11 is 0. The molecule has 116 valence electrons. The summed E-state index contributed by atoms with van der Waals surface area (Å²) in [6.45, 7) is 8.84. The van der Waals surface area contributed by atoms with Crippen molar-refractivity contribution in [3.8, 4) is 0 Å². The molecule has 0 aliphatic rings. The summed E-state index contributed by atoms with van der Waals surface area (Å²) in [5.41, 5.74) is 5.96. The quantitative estimate of drug-likeness (QED) is 0.369. The van der Waals surface area contributed by atoms with Crippen molar-refractivity contribution in [2.24, 2.45) is 0 Å². The summed E-state index contributed by atoms with van der Waals surface area (Å²) in [6, 6.07) is 13.1. The van der Waals surface area contributed by atoms with Gasteiger partial charge < -0.3 is 0 Å². The Morgan fingerprint density at radius 2 is 1.14 bits per heavy atom. The van der Waals surface area contributed by atoms with Gasteiger partial charge in [-0.25, -0.2) is 24.3 Å². The fourth-order valence-corrected chi connectivity index (χ4v) is 2.39. The smallest absolute Gasteiger partial charge is 0 e. The summed E-state index contributed by atoms with van der Waals surface area (Å²) < 4.78 is 0. The second-order valence-electron chi connectivity index (χ2n) is 5.68. The molecule has 2 aromatic rings. The van der Waals surface area contributed by atoms with Gasteiger partial charge in [0.15, 0.2) is 0 Å². The molecule has 0 unspecified atom stereocenters. The van der Waals surface area contributed by atoms with Gasteiger partial charge in [-0.2, -0.15) is 34.4 Å². The van der Waals surface area contributed by atoms with E-state index < -0.39 is 0 Å². The van der Waals surface area contributed by atoms with Crippen LogP contribution in [-0.4, -0.2) is 0 Å². The van der Waals surface area contributed by atoms with E-state index in [0.717, 1.165) is 0 Å². The average Bonchev–Trinajstić information content (AvgIpc) is 3.04. The van der Waals surface area contributed by atoms with Gasteiger partial charge in [0.05, 0.1) is 0 Å². The van der Waals surface area contributed by atoms with Gasteiger partial charge in [0.1, 0.15) is 0 Å². The van der Waals surface area contributed by atoms with Crippen LogP contribution in [-0.2, 0) is 38.7 Å². The number of hydrogen-bond acceptors (Lipinski definition) is 0. The molecule has 0 atom stereocenters. The molecule has 1 heteroatoms. The maximum absolute atomic E-state index is 2.23. The van der Waals surface area contributed by atoms with Crippen LogP contribution < -0.4 is 0 Å². The molecule has 0 bridgehead atoms. The summed E-state index contributed by atoms with van der Waals surface area (Å²) in [5.74, 6) is 0. The minimum atomic E-state index is 0. The molecule has 2 aromatic carbocycles.